The lowest BCUT2D eigenvalue weighted by Crippen LogP contribution is -2.03. The van der Waals surface area contributed by atoms with E-state index in [2.05, 4.69) is 20.7 Å². The topological polar surface area (TPSA) is 59.3 Å². The summed E-state index contributed by atoms with van der Waals surface area (Å²) in [5, 5.41) is 8.95. The van der Waals surface area contributed by atoms with Gasteiger partial charge in [0.25, 0.3) is 0 Å². The van der Waals surface area contributed by atoms with Crippen LogP contribution in [0.25, 0.3) is 6.08 Å². The summed E-state index contributed by atoms with van der Waals surface area (Å²) in [6, 6.07) is 7.23. The minimum Gasteiger partial charge on any atom is -0.493 e. The molecule has 1 aromatic rings. The number of methoxy groups -OCH3 is 1. The van der Waals surface area contributed by atoms with Crippen molar-refractivity contribution in [3.63, 3.8) is 0 Å². The molecule has 0 atom stereocenters. The summed E-state index contributed by atoms with van der Waals surface area (Å²) in [5.41, 5.74) is 0.590. The lowest BCUT2D eigenvalue weighted by atomic mass is 10.1. The van der Waals surface area contributed by atoms with Crippen LogP contribution >= 0.6 is 15.9 Å². The van der Waals surface area contributed by atoms with E-state index in [4.69, 9.17) is 10.00 Å². The molecule has 0 saturated carbocycles. The SMILES string of the molecule is CCCOc1ccc(Br)cc1/C=C(/C#N)C(=O)OC. The molecule has 5 heteroatoms. The van der Waals surface area contributed by atoms with Gasteiger partial charge < -0.3 is 9.47 Å². The summed E-state index contributed by atoms with van der Waals surface area (Å²) in [4.78, 5) is 11.4. The van der Waals surface area contributed by atoms with Gasteiger partial charge in [-0.05, 0) is 30.7 Å². The highest BCUT2D eigenvalue weighted by Crippen LogP contribution is 2.26. The first-order chi connectivity index (χ1) is 9.12. The number of nitrogens with zero attached hydrogens (tertiary/aromatic N) is 1. The van der Waals surface area contributed by atoms with E-state index < -0.39 is 5.97 Å². The molecule has 0 aromatic heterocycles. The standard InChI is InChI=1S/C14H14BrNO3/c1-3-6-19-13-5-4-12(15)8-10(13)7-11(9-16)14(17)18-2/h4-5,7-8H,3,6H2,1-2H3/b11-7-. The number of ether oxygens (including phenoxy) is 2. The Hall–Kier alpha value is -1.80. The zero-order valence-corrected chi connectivity index (χ0v) is 12.4. The first kappa shape index (κ1) is 15.3. The Balaban J connectivity index is 3.16. The van der Waals surface area contributed by atoms with Gasteiger partial charge in [0, 0.05) is 10.0 Å². The van der Waals surface area contributed by atoms with Gasteiger partial charge in [0.2, 0.25) is 0 Å². The maximum absolute atomic E-state index is 11.4. The third kappa shape index (κ3) is 4.42. The second-order valence-corrected chi connectivity index (χ2v) is 4.61. The molecule has 19 heavy (non-hydrogen) atoms. The van der Waals surface area contributed by atoms with Gasteiger partial charge in [0.15, 0.2) is 0 Å². The van der Waals surface area contributed by atoms with Gasteiger partial charge in [0.05, 0.1) is 13.7 Å². The van der Waals surface area contributed by atoms with Crippen LogP contribution in [-0.2, 0) is 9.53 Å². The van der Waals surface area contributed by atoms with Crippen molar-refractivity contribution in [2.24, 2.45) is 0 Å². The molecule has 0 N–H and O–H groups in total. The van der Waals surface area contributed by atoms with Crippen LogP contribution in [0.3, 0.4) is 0 Å². The Bertz CT molecular complexity index is 532. The zero-order chi connectivity index (χ0) is 14.3. The molecule has 0 aliphatic rings. The molecule has 0 spiro atoms. The lowest BCUT2D eigenvalue weighted by Gasteiger charge is -2.09. The molecular formula is C14H14BrNO3. The number of benzene rings is 1. The summed E-state index contributed by atoms with van der Waals surface area (Å²) in [5.74, 6) is -0.0365. The van der Waals surface area contributed by atoms with Crippen LogP contribution in [-0.4, -0.2) is 19.7 Å². The monoisotopic (exact) mass is 323 g/mol. The zero-order valence-electron chi connectivity index (χ0n) is 10.8. The van der Waals surface area contributed by atoms with Crippen molar-refractivity contribution < 1.29 is 14.3 Å². The largest absolute Gasteiger partial charge is 0.493 e. The van der Waals surface area contributed by atoms with E-state index in [0.29, 0.717) is 17.9 Å². The van der Waals surface area contributed by atoms with E-state index in [1.807, 2.05) is 19.1 Å². The van der Waals surface area contributed by atoms with Gasteiger partial charge in [-0.2, -0.15) is 5.26 Å². The van der Waals surface area contributed by atoms with Gasteiger partial charge in [-0.25, -0.2) is 4.79 Å². The minimum absolute atomic E-state index is 0.0676. The van der Waals surface area contributed by atoms with Crippen molar-refractivity contribution >= 4 is 28.0 Å². The van der Waals surface area contributed by atoms with E-state index in [-0.39, 0.29) is 5.57 Å². The molecule has 0 amide bonds. The third-order valence-electron chi connectivity index (χ3n) is 2.26. The predicted molar refractivity (Wildman–Crippen MR) is 75.5 cm³/mol. The number of carbonyl (C=O) groups is 1. The number of halogens is 1. The fourth-order valence-electron chi connectivity index (χ4n) is 1.38. The molecule has 0 fully saturated rings. The number of carbonyl (C=O) groups excluding carboxylic acids is 1. The summed E-state index contributed by atoms with van der Waals surface area (Å²) < 4.78 is 11.0. The highest BCUT2D eigenvalue weighted by atomic mass is 79.9. The quantitative estimate of drug-likeness (QED) is 0.474. The molecule has 0 radical (unpaired) electrons. The number of rotatable bonds is 5. The van der Waals surface area contributed by atoms with Crippen molar-refractivity contribution in [2.75, 3.05) is 13.7 Å². The van der Waals surface area contributed by atoms with E-state index in [1.54, 1.807) is 12.1 Å². The van der Waals surface area contributed by atoms with Crippen LogP contribution in [0, 0.1) is 11.3 Å². The summed E-state index contributed by atoms with van der Waals surface area (Å²) >= 11 is 3.35. The Morgan fingerprint density at radius 1 is 1.53 bits per heavy atom. The van der Waals surface area contributed by atoms with Gasteiger partial charge in [-0.15, -0.1) is 0 Å². The maximum Gasteiger partial charge on any atom is 0.348 e. The predicted octanol–water partition coefficient (Wildman–Crippen LogP) is 3.32. The molecule has 0 bridgehead atoms. The molecule has 0 unspecified atom stereocenters. The lowest BCUT2D eigenvalue weighted by molar-refractivity contribution is -0.135. The smallest absolute Gasteiger partial charge is 0.348 e. The highest BCUT2D eigenvalue weighted by molar-refractivity contribution is 9.10. The molecule has 1 aromatic carbocycles. The van der Waals surface area contributed by atoms with E-state index in [1.165, 1.54) is 13.2 Å². The third-order valence-corrected chi connectivity index (χ3v) is 2.75. The van der Waals surface area contributed by atoms with Gasteiger partial charge >= 0.3 is 5.97 Å². The molecule has 1 rings (SSSR count). The Morgan fingerprint density at radius 2 is 2.26 bits per heavy atom. The minimum atomic E-state index is -0.663. The Labute approximate surface area is 120 Å². The molecule has 0 saturated heterocycles. The van der Waals surface area contributed by atoms with Gasteiger partial charge in [-0.1, -0.05) is 22.9 Å². The average molecular weight is 324 g/mol. The van der Waals surface area contributed by atoms with Crippen molar-refractivity contribution in [1.82, 2.24) is 0 Å². The molecule has 0 aliphatic heterocycles. The number of hydrogen-bond acceptors (Lipinski definition) is 4. The second-order valence-electron chi connectivity index (χ2n) is 3.69. The molecule has 100 valence electrons. The van der Waals surface area contributed by atoms with Gasteiger partial charge in [0.1, 0.15) is 17.4 Å². The van der Waals surface area contributed by atoms with E-state index in [0.717, 1.165) is 10.9 Å². The molecule has 0 heterocycles. The highest BCUT2D eigenvalue weighted by Gasteiger charge is 2.11. The van der Waals surface area contributed by atoms with Crippen molar-refractivity contribution in [3.8, 4) is 11.8 Å². The van der Waals surface area contributed by atoms with Gasteiger partial charge in [-0.3, -0.25) is 0 Å². The summed E-state index contributed by atoms with van der Waals surface area (Å²) in [6.45, 7) is 2.58. The molecule has 4 nitrogen and oxygen atoms in total. The fourth-order valence-corrected chi connectivity index (χ4v) is 1.76. The summed E-state index contributed by atoms with van der Waals surface area (Å²) in [6.07, 6.45) is 2.34. The first-order valence-corrected chi connectivity index (χ1v) is 6.54. The normalized spacial score (nSPS) is 10.7. The van der Waals surface area contributed by atoms with Crippen LogP contribution < -0.4 is 4.74 Å². The second kappa shape index (κ2) is 7.59. The van der Waals surface area contributed by atoms with E-state index >= 15 is 0 Å². The maximum atomic E-state index is 11.4. The van der Waals surface area contributed by atoms with Crippen molar-refractivity contribution in [1.29, 1.82) is 5.26 Å². The Kier molecular flexibility index (Phi) is 6.10. The molecule has 0 aliphatic carbocycles. The van der Waals surface area contributed by atoms with Crippen LogP contribution in [0.4, 0.5) is 0 Å². The van der Waals surface area contributed by atoms with Crippen molar-refractivity contribution in [3.05, 3.63) is 33.8 Å². The number of nitriles is 1. The first-order valence-electron chi connectivity index (χ1n) is 5.74. The van der Waals surface area contributed by atoms with Crippen molar-refractivity contribution in [2.45, 2.75) is 13.3 Å². The average Bonchev–Trinajstić information content (AvgIpc) is 2.43. The summed E-state index contributed by atoms with van der Waals surface area (Å²) in [7, 11) is 1.24. The van der Waals surface area contributed by atoms with E-state index in [9.17, 15) is 4.79 Å². The van der Waals surface area contributed by atoms with Crippen LogP contribution in [0.15, 0.2) is 28.2 Å². The molecular weight excluding hydrogens is 310 g/mol. The Morgan fingerprint density at radius 3 is 2.84 bits per heavy atom. The fraction of sp³-hybridized carbons (Fsp3) is 0.286. The number of esters is 1. The van der Waals surface area contributed by atoms with Crippen LogP contribution in [0.5, 0.6) is 5.75 Å². The van der Waals surface area contributed by atoms with Crippen LogP contribution in [0.2, 0.25) is 0 Å². The number of hydrogen-bond donors (Lipinski definition) is 0. The van der Waals surface area contributed by atoms with Crippen LogP contribution in [0.1, 0.15) is 18.9 Å².